The third kappa shape index (κ3) is 3.93. The normalized spacial score (nSPS) is 11.0. The standard InChI is InChI=1S/C21H25N3OS/c1-4-24-19-9-7-6-8-18(19)22-20(24)14-23(3)21(25)17-12-10-16(11-13-17)15-26-5-2/h6-13H,4-5,14-15H2,1-3H3. The summed E-state index contributed by atoms with van der Waals surface area (Å²) in [6.07, 6.45) is 0. The van der Waals surface area contributed by atoms with Gasteiger partial charge in [0, 0.05) is 24.9 Å². The zero-order chi connectivity index (χ0) is 18.5. The Morgan fingerprint density at radius 2 is 1.85 bits per heavy atom. The topological polar surface area (TPSA) is 38.1 Å². The van der Waals surface area contributed by atoms with Gasteiger partial charge in [-0.25, -0.2) is 4.98 Å². The Bertz CT molecular complexity index is 886. The van der Waals surface area contributed by atoms with Crippen LogP contribution in [0, 0.1) is 0 Å². The molecule has 1 amide bonds. The summed E-state index contributed by atoms with van der Waals surface area (Å²) in [6, 6.07) is 16.0. The molecule has 1 heterocycles. The zero-order valence-corrected chi connectivity index (χ0v) is 16.4. The van der Waals surface area contributed by atoms with Gasteiger partial charge in [0.1, 0.15) is 5.82 Å². The van der Waals surface area contributed by atoms with Crippen molar-refractivity contribution in [3.63, 3.8) is 0 Å². The minimum Gasteiger partial charge on any atom is -0.334 e. The number of hydrogen-bond acceptors (Lipinski definition) is 3. The fraction of sp³-hybridized carbons (Fsp3) is 0.333. The Balaban J connectivity index is 1.75. The number of hydrogen-bond donors (Lipinski definition) is 0. The van der Waals surface area contributed by atoms with Crippen LogP contribution in [0.4, 0.5) is 0 Å². The van der Waals surface area contributed by atoms with E-state index in [1.165, 1.54) is 5.56 Å². The Morgan fingerprint density at radius 1 is 1.12 bits per heavy atom. The van der Waals surface area contributed by atoms with E-state index in [1.807, 2.05) is 61.3 Å². The van der Waals surface area contributed by atoms with Crippen LogP contribution in [0.5, 0.6) is 0 Å². The molecular weight excluding hydrogens is 342 g/mol. The molecule has 2 aromatic carbocycles. The molecule has 0 radical (unpaired) electrons. The number of fused-ring (bicyclic) bond motifs is 1. The highest BCUT2D eigenvalue weighted by atomic mass is 32.2. The second-order valence-electron chi connectivity index (χ2n) is 6.26. The predicted octanol–water partition coefficient (Wildman–Crippen LogP) is 4.58. The Hall–Kier alpha value is -2.27. The molecule has 4 nitrogen and oxygen atoms in total. The quantitative estimate of drug-likeness (QED) is 0.613. The molecule has 0 spiro atoms. The minimum atomic E-state index is 0.0226. The fourth-order valence-electron chi connectivity index (χ4n) is 3.07. The van der Waals surface area contributed by atoms with E-state index in [0.717, 1.165) is 40.5 Å². The van der Waals surface area contributed by atoms with E-state index >= 15 is 0 Å². The van der Waals surface area contributed by atoms with Gasteiger partial charge in [0.25, 0.3) is 5.91 Å². The number of nitrogens with zero attached hydrogens (tertiary/aromatic N) is 3. The van der Waals surface area contributed by atoms with Crippen molar-refractivity contribution in [2.24, 2.45) is 0 Å². The molecule has 0 saturated heterocycles. The van der Waals surface area contributed by atoms with Gasteiger partial charge in [0.05, 0.1) is 17.6 Å². The highest BCUT2D eigenvalue weighted by molar-refractivity contribution is 7.98. The molecule has 0 fully saturated rings. The molecule has 0 N–H and O–H groups in total. The monoisotopic (exact) mass is 367 g/mol. The summed E-state index contributed by atoms with van der Waals surface area (Å²) in [7, 11) is 1.84. The van der Waals surface area contributed by atoms with Gasteiger partial charge in [-0.05, 0) is 42.5 Å². The second kappa shape index (κ2) is 8.41. The summed E-state index contributed by atoms with van der Waals surface area (Å²) < 4.78 is 2.17. The van der Waals surface area contributed by atoms with E-state index in [-0.39, 0.29) is 5.91 Å². The molecular formula is C21H25N3OS. The summed E-state index contributed by atoms with van der Waals surface area (Å²) in [5.74, 6) is 3.03. The van der Waals surface area contributed by atoms with Gasteiger partial charge >= 0.3 is 0 Å². The van der Waals surface area contributed by atoms with Gasteiger partial charge < -0.3 is 9.47 Å². The fourth-order valence-corrected chi connectivity index (χ4v) is 3.70. The number of rotatable bonds is 7. The van der Waals surface area contributed by atoms with Crippen molar-refractivity contribution in [2.75, 3.05) is 12.8 Å². The van der Waals surface area contributed by atoms with Crippen molar-refractivity contribution in [1.82, 2.24) is 14.5 Å². The number of thioether (sulfide) groups is 1. The average Bonchev–Trinajstić information content (AvgIpc) is 3.03. The summed E-state index contributed by atoms with van der Waals surface area (Å²) in [6.45, 7) is 5.59. The summed E-state index contributed by atoms with van der Waals surface area (Å²) in [4.78, 5) is 19.2. The lowest BCUT2D eigenvalue weighted by atomic mass is 10.1. The Kier molecular flexibility index (Phi) is 5.99. The summed E-state index contributed by atoms with van der Waals surface area (Å²) in [5.41, 5.74) is 4.06. The Labute approximate surface area is 159 Å². The van der Waals surface area contributed by atoms with Crippen LogP contribution in [0.15, 0.2) is 48.5 Å². The summed E-state index contributed by atoms with van der Waals surface area (Å²) in [5, 5.41) is 0. The first-order valence-corrected chi connectivity index (χ1v) is 10.2. The maximum absolute atomic E-state index is 12.8. The molecule has 136 valence electrons. The lowest BCUT2D eigenvalue weighted by Gasteiger charge is -2.18. The van der Waals surface area contributed by atoms with Crippen LogP contribution in [0.1, 0.15) is 35.6 Å². The van der Waals surface area contributed by atoms with Gasteiger partial charge in [-0.15, -0.1) is 0 Å². The van der Waals surface area contributed by atoms with E-state index in [0.29, 0.717) is 6.54 Å². The van der Waals surface area contributed by atoms with Gasteiger partial charge in [-0.3, -0.25) is 4.79 Å². The molecule has 3 aromatic rings. The number of aryl methyl sites for hydroxylation is 1. The van der Waals surface area contributed by atoms with E-state index in [4.69, 9.17) is 4.98 Å². The van der Waals surface area contributed by atoms with Crippen LogP contribution < -0.4 is 0 Å². The van der Waals surface area contributed by atoms with Crippen LogP contribution in [-0.2, 0) is 18.8 Å². The smallest absolute Gasteiger partial charge is 0.254 e. The molecule has 0 aliphatic carbocycles. The van der Waals surface area contributed by atoms with Crippen molar-refractivity contribution in [1.29, 1.82) is 0 Å². The number of carbonyl (C=O) groups excluding carboxylic acids is 1. The number of para-hydroxylation sites is 2. The lowest BCUT2D eigenvalue weighted by molar-refractivity contribution is 0.0780. The highest BCUT2D eigenvalue weighted by Crippen LogP contribution is 2.18. The number of amides is 1. The van der Waals surface area contributed by atoms with E-state index in [1.54, 1.807) is 4.90 Å². The zero-order valence-electron chi connectivity index (χ0n) is 15.6. The first-order valence-electron chi connectivity index (χ1n) is 9.00. The van der Waals surface area contributed by atoms with Crippen LogP contribution in [0.3, 0.4) is 0 Å². The van der Waals surface area contributed by atoms with Crippen LogP contribution in [-0.4, -0.2) is 33.2 Å². The molecule has 1 aromatic heterocycles. The predicted molar refractivity (Wildman–Crippen MR) is 109 cm³/mol. The average molecular weight is 368 g/mol. The van der Waals surface area contributed by atoms with Crippen molar-refractivity contribution < 1.29 is 4.79 Å². The number of benzene rings is 2. The highest BCUT2D eigenvalue weighted by Gasteiger charge is 2.16. The van der Waals surface area contributed by atoms with E-state index < -0.39 is 0 Å². The first kappa shape index (κ1) is 18.5. The van der Waals surface area contributed by atoms with Gasteiger partial charge in [0.2, 0.25) is 0 Å². The summed E-state index contributed by atoms with van der Waals surface area (Å²) >= 11 is 1.88. The maximum Gasteiger partial charge on any atom is 0.254 e. The number of aromatic nitrogens is 2. The van der Waals surface area contributed by atoms with Crippen LogP contribution in [0.25, 0.3) is 11.0 Å². The second-order valence-corrected chi connectivity index (χ2v) is 7.53. The van der Waals surface area contributed by atoms with Crippen LogP contribution in [0.2, 0.25) is 0 Å². The van der Waals surface area contributed by atoms with Crippen molar-refractivity contribution in [2.45, 2.75) is 32.7 Å². The van der Waals surface area contributed by atoms with Gasteiger partial charge in [-0.2, -0.15) is 11.8 Å². The molecule has 0 unspecified atom stereocenters. The van der Waals surface area contributed by atoms with Crippen molar-refractivity contribution in [3.8, 4) is 0 Å². The van der Waals surface area contributed by atoms with Crippen molar-refractivity contribution in [3.05, 3.63) is 65.5 Å². The molecule has 0 aliphatic rings. The van der Waals surface area contributed by atoms with E-state index in [9.17, 15) is 4.79 Å². The Morgan fingerprint density at radius 3 is 2.54 bits per heavy atom. The maximum atomic E-state index is 12.8. The molecule has 5 heteroatoms. The van der Waals surface area contributed by atoms with Gasteiger partial charge in [-0.1, -0.05) is 31.2 Å². The molecule has 0 bridgehead atoms. The van der Waals surface area contributed by atoms with Crippen molar-refractivity contribution >= 4 is 28.7 Å². The number of imidazole rings is 1. The molecule has 0 saturated carbocycles. The molecule has 26 heavy (non-hydrogen) atoms. The molecule has 0 atom stereocenters. The minimum absolute atomic E-state index is 0.0226. The SMILES string of the molecule is CCSCc1ccc(C(=O)N(C)Cc2nc3ccccc3n2CC)cc1. The largest absolute Gasteiger partial charge is 0.334 e. The first-order chi connectivity index (χ1) is 12.6. The van der Waals surface area contributed by atoms with E-state index in [2.05, 4.69) is 24.5 Å². The lowest BCUT2D eigenvalue weighted by Crippen LogP contribution is -2.27. The molecule has 3 rings (SSSR count). The van der Waals surface area contributed by atoms with Crippen LogP contribution >= 0.6 is 11.8 Å². The van der Waals surface area contributed by atoms with Gasteiger partial charge in [0.15, 0.2) is 0 Å². The third-order valence-electron chi connectivity index (χ3n) is 4.45. The molecule has 0 aliphatic heterocycles. The number of carbonyl (C=O) groups is 1. The third-order valence-corrected chi connectivity index (χ3v) is 5.39.